The van der Waals surface area contributed by atoms with Gasteiger partial charge in [-0.15, -0.1) is 0 Å². The minimum atomic E-state index is -1.96. The number of aromatic nitrogens is 2. The number of cyclic esters (lactones) is 1. The summed E-state index contributed by atoms with van der Waals surface area (Å²) in [5.41, 5.74) is 7.80. The second-order valence-electron chi connectivity index (χ2n) is 12.0. The molecule has 1 aliphatic rings. The van der Waals surface area contributed by atoms with Crippen molar-refractivity contribution < 1.29 is 33.6 Å². The molecule has 0 radical (unpaired) electrons. The fourth-order valence-electron chi connectivity index (χ4n) is 5.96. The molecule has 1 unspecified atom stereocenters. The number of esters is 1. The lowest BCUT2D eigenvalue weighted by Crippen LogP contribution is -2.29. The summed E-state index contributed by atoms with van der Waals surface area (Å²) in [5.74, 6) is -0.351. The largest absolute Gasteiger partial charge is 0.496 e. The van der Waals surface area contributed by atoms with Crippen molar-refractivity contribution in [1.82, 2.24) is 8.75 Å². The van der Waals surface area contributed by atoms with Crippen molar-refractivity contribution >= 4 is 40.6 Å². The maximum absolute atomic E-state index is 13.4. The van der Waals surface area contributed by atoms with E-state index in [9.17, 15) is 14.7 Å². The number of fused-ring (bicyclic) bond motifs is 1. The van der Waals surface area contributed by atoms with E-state index in [0.29, 0.717) is 45.7 Å². The standard InChI is InChI=1S/C32H26N2O5S.C9H10O2/c1-20-16-22(8-15-29(20)37-2)17-26-30(23-9-14-27-28(18-23)34-40-33-27)31(35)39-32(26,36)24-10-12-25(13-11-24)38-19-21-6-4-3-5-7-21;1-7-5-8(6-10)3-4-9(7)11-2/h3-16,18,36H,17,19H2,1-2H3;3-6H,1-2H3. The predicted octanol–water partition coefficient (Wildman–Crippen LogP) is 7.80. The number of rotatable bonds is 10. The van der Waals surface area contributed by atoms with Crippen LogP contribution in [0.5, 0.6) is 17.2 Å². The summed E-state index contributed by atoms with van der Waals surface area (Å²) in [4.78, 5) is 23.7. The van der Waals surface area contributed by atoms with Crippen molar-refractivity contribution in [1.29, 1.82) is 0 Å². The lowest BCUT2D eigenvalue weighted by Gasteiger charge is -2.26. The highest BCUT2D eigenvalue weighted by Crippen LogP contribution is 2.45. The van der Waals surface area contributed by atoms with Crippen LogP contribution in [0.3, 0.4) is 0 Å². The van der Waals surface area contributed by atoms with Crippen LogP contribution in [0, 0.1) is 13.8 Å². The van der Waals surface area contributed by atoms with Crippen LogP contribution in [0.2, 0.25) is 0 Å². The van der Waals surface area contributed by atoms with Crippen LogP contribution in [-0.4, -0.2) is 40.3 Å². The molecule has 10 heteroatoms. The zero-order chi connectivity index (χ0) is 36.0. The average Bonchev–Trinajstić information content (AvgIpc) is 3.72. The Hall–Kier alpha value is -5.84. The monoisotopic (exact) mass is 700 g/mol. The molecule has 5 aromatic carbocycles. The molecule has 0 fully saturated rings. The summed E-state index contributed by atoms with van der Waals surface area (Å²) in [5, 5.41) is 12.0. The molecule has 6 aromatic rings. The van der Waals surface area contributed by atoms with Crippen LogP contribution in [0.4, 0.5) is 0 Å². The predicted molar refractivity (Wildman–Crippen MR) is 196 cm³/mol. The first-order valence-corrected chi connectivity index (χ1v) is 16.9. The van der Waals surface area contributed by atoms with Crippen LogP contribution in [0.1, 0.15) is 43.7 Å². The molecule has 0 saturated heterocycles. The van der Waals surface area contributed by atoms with E-state index in [1.165, 1.54) is 0 Å². The highest BCUT2D eigenvalue weighted by molar-refractivity contribution is 7.00. The number of aliphatic hydroxyl groups is 1. The second-order valence-corrected chi connectivity index (χ2v) is 12.5. The van der Waals surface area contributed by atoms with Gasteiger partial charge in [-0.25, -0.2) is 4.79 Å². The summed E-state index contributed by atoms with van der Waals surface area (Å²) in [6, 6.07) is 33.4. The zero-order valence-electron chi connectivity index (χ0n) is 28.6. The number of nitrogens with zero attached hydrogens (tertiary/aromatic N) is 2. The summed E-state index contributed by atoms with van der Waals surface area (Å²) in [7, 11) is 3.24. The zero-order valence-corrected chi connectivity index (χ0v) is 29.4. The molecule has 0 aliphatic carbocycles. The lowest BCUT2D eigenvalue weighted by atomic mass is 9.87. The molecule has 0 saturated carbocycles. The molecule has 51 heavy (non-hydrogen) atoms. The number of carbonyl (C=O) groups is 2. The highest BCUT2D eigenvalue weighted by Gasteiger charge is 2.48. The van der Waals surface area contributed by atoms with Crippen LogP contribution < -0.4 is 14.2 Å². The minimum Gasteiger partial charge on any atom is -0.496 e. The highest BCUT2D eigenvalue weighted by atomic mass is 32.1. The third kappa shape index (κ3) is 7.67. The fourth-order valence-corrected chi connectivity index (χ4v) is 6.48. The summed E-state index contributed by atoms with van der Waals surface area (Å²) in [6.07, 6.45) is 1.11. The Morgan fingerprint density at radius 1 is 0.784 bits per heavy atom. The molecule has 0 spiro atoms. The third-order valence-electron chi connectivity index (χ3n) is 8.59. The normalized spacial score (nSPS) is 15.2. The molecule has 9 nitrogen and oxygen atoms in total. The molecule has 7 rings (SSSR count). The fraction of sp³-hybridized carbons (Fsp3) is 0.171. The Morgan fingerprint density at radius 3 is 2.14 bits per heavy atom. The van der Waals surface area contributed by atoms with Crippen LogP contribution in [0.15, 0.2) is 115 Å². The minimum absolute atomic E-state index is 0.280. The van der Waals surface area contributed by atoms with Gasteiger partial charge < -0.3 is 24.1 Å². The molecule has 1 N–H and O–H groups in total. The first kappa shape index (κ1) is 35.0. The van der Waals surface area contributed by atoms with E-state index >= 15 is 0 Å². The average molecular weight is 701 g/mol. The second kappa shape index (κ2) is 15.4. The van der Waals surface area contributed by atoms with Crippen molar-refractivity contribution in [3.05, 3.63) is 154 Å². The van der Waals surface area contributed by atoms with Gasteiger partial charge in [0, 0.05) is 23.1 Å². The first-order valence-electron chi connectivity index (χ1n) is 16.1. The Bertz CT molecular complexity index is 2210. The van der Waals surface area contributed by atoms with Crippen LogP contribution in [0.25, 0.3) is 16.6 Å². The SMILES string of the molecule is COc1ccc(C=O)cc1C.COc1ccc(CC2=C(c3ccc4nsnc4c3)C(=O)OC2(O)c2ccc(OCc3ccccc3)cc2)cc1C. The van der Waals surface area contributed by atoms with Gasteiger partial charge in [-0.2, -0.15) is 8.75 Å². The Balaban J connectivity index is 0.000000349. The van der Waals surface area contributed by atoms with Gasteiger partial charge in [0.15, 0.2) is 0 Å². The molecule has 1 aromatic heterocycles. The van der Waals surface area contributed by atoms with Gasteiger partial charge >= 0.3 is 5.97 Å². The van der Waals surface area contributed by atoms with Crippen molar-refractivity contribution in [3.8, 4) is 17.2 Å². The number of hydrogen-bond acceptors (Lipinski definition) is 10. The van der Waals surface area contributed by atoms with E-state index in [1.807, 2.05) is 74.5 Å². The molecular weight excluding hydrogens is 665 g/mol. The maximum atomic E-state index is 13.4. The van der Waals surface area contributed by atoms with Crippen LogP contribution in [-0.2, 0) is 28.3 Å². The maximum Gasteiger partial charge on any atom is 0.342 e. The van der Waals surface area contributed by atoms with Crippen molar-refractivity contribution in [2.45, 2.75) is 32.7 Å². The van der Waals surface area contributed by atoms with Gasteiger partial charge in [-0.3, -0.25) is 4.79 Å². The number of carbonyl (C=O) groups excluding carboxylic acids is 2. The molecule has 2 heterocycles. The number of hydrogen-bond donors (Lipinski definition) is 1. The van der Waals surface area contributed by atoms with E-state index in [4.69, 9.17) is 18.9 Å². The summed E-state index contributed by atoms with van der Waals surface area (Å²) < 4.78 is 30.7. The quantitative estimate of drug-likeness (QED) is 0.113. The Kier molecular flexibility index (Phi) is 10.5. The molecular formula is C41H36N2O7S. The Labute approximate surface area is 300 Å². The smallest absolute Gasteiger partial charge is 0.342 e. The first-order chi connectivity index (χ1) is 24.7. The molecule has 1 aliphatic heterocycles. The molecule has 1 atom stereocenters. The summed E-state index contributed by atoms with van der Waals surface area (Å²) >= 11 is 1.11. The lowest BCUT2D eigenvalue weighted by molar-refractivity contribution is -0.185. The number of aldehydes is 1. The van der Waals surface area contributed by atoms with E-state index in [2.05, 4.69) is 8.75 Å². The number of benzene rings is 5. The van der Waals surface area contributed by atoms with E-state index in [0.717, 1.165) is 57.3 Å². The Morgan fingerprint density at radius 2 is 1.47 bits per heavy atom. The van der Waals surface area contributed by atoms with E-state index in [-0.39, 0.29) is 6.42 Å². The van der Waals surface area contributed by atoms with Gasteiger partial charge in [-0.05, 0) is 102 Å². The van der Waals surface area contributed by atoms with Crippen molar-refractivity contribution in [2.75, 3.05) is 14.2 Å². The topological polar surface area (TPSA) is 117 Å². The number of ether oxygens (including phenoxy) is 4. The molecule has 0 bridgehead atoms. The van der Waals surface area contributed by atoms with Crippen molar-refractivity contribution in [3.63, 3.8) is 0 Å². The van der Waals surface area contributed by atoms with E-state index in [1.54, 1.807) is 62.8 Å². The molecule has 258 valence electrons. The molecule has 0 amide bonds. The van der Waals surface area contributed by atoms with Gasteiger partial charge in [0.1, 0.15) is 41.2 Å². The van der Waals surface area contributed by atoms with Gasteiger partial charge in [0.05, 0.1) is 31.5 Å². The van der Waals surface area contributed by atoms with E-state index < -0.39 is 11.8 Å². The number of aryl methyl sites for hydroxylation is 2. The van der Waals surface area contributed by atoms with Crippen molar-refractivity contribution in [2.24, 2.45) is 0 Å². The van der Waals surface area contributed by atoms with Crippen LogP contribution >= 0.6 is 11.7 Å². The third-order valence-corrected chi connectivity index (χ3v) is 9.14. The van der Waals surface area contributed by atoms with Gasteiger partial charge in [0.2, 0.25) is 0 Å². The summed E-state index contributed by atoms with van der Waals surface area (Å²) in [6.45, 7) is 4.28. The van der Waals surface area contributed by atoms with Gasteiger partial charge in [0.25, 0.3) is 5.79 Å². The van der Waals surface area contributed by atoms with Gasteiger partial charge in [-0.1, -0.05) is 48.5 Å². The number of methoxy groups -OCH3 is 2.